The summed E-state index contributed by atoms with van der Waals surface area (Å²) in [6.07, 6.45) is 1.65. The van der Waals surface area contributed by atoms with Crippen LogP contribution in [0.2, 0.25) is 5.02 Å². The number of rotatable bonds is 7. The Labute approximate surface area is 219 Å². The number of methoxy groups -OCH3 is 1. The van der Waals surface area contributed by atoms with E-state index in [0.29, 0.717) is 32.6 Å². The summed E-state index contributed by atoms with van der Waals surface area (Å²) in [6, 6.07) is 17.0. The molecule has 9 heteroatoms. The third-order valence-electron chi connectivity index (χ3n) is 4.98. The maximum absolute atomic E-state index is 13.9. The molecule has 5 nitrogen and oxygen atoms in total. The van der Waals surface area contributed by atoms with E-state index in [1.165, 1.54) is 18.1 Å². The van der Waals surface area contributed by atoms with Gasteiger partial charge in [0.2, 0.25) is 0 Å². The minimum atomic E-state index is -0.371. The first-order valence-electron chi connectivity index (χ1n) is 10.1. The summed E-state index contributed by atoms with van der Waals surface area (Å²) in [4.78, 5) is 26.9. The Morgan fingerprint density at radius 2 is 1.91 bits per heavy atom. The zero-order valence-corrected chi connectivity index (χ0v) is 21.6. The van der Waals surface area contributed by atoms with Crippen LogP contribution in [0.3, 0.4) is 0 Å². The zero-order valence-electron chi connectivity index (χ0n) is 17.9. The number of carbonyl (C=O) groups excluding carboxylic acids is 2. The molecule has 1 aliphatic heterocycles. The highest BCUT2D eigenvalue weighted by Crippen LogP contribution is 2.38. The average Bonchev–Trinajstić information content (AvgIpc) is 3.06. The Morgan fingerprint density at radius 3 is 2.65 bits per heavy atom. The number of thioether (sulfide) groups is 1. The molecular formula is C25H18ClFINO4S. The lowest BCUT2D eigenvalue weighted by atomic mass is 10.1. The molecule has 174 valence electrons. The lowest BCUT2D eigenvalue weighted by Gasteiger charge is -2.14. The molecule has 0 aliphatic carbocycles. The van der Waals surface area contributed by atoms with Crippen LogP contribution in [-0.2, 0) is 17.9 Å². The molecule has 3 aromatic carbocycles. The highest BCUT2D eigenvalue weighted by molar-refractivity contribution is 14.1. The second kappa shape index (κ2) is 10.8. The van der Waals surface area contributed by atoms with Crippen LogP contribution >= 0.6 is 46.0 Å². The minimum Gasteiger partial charge on any atom is -0.493 e. The molecule has 0 unspecified atom stereocenters. The number of hydrogen-bond donors (Lipinski definition) is 0. The molecule has 1 aliphatic rings. The van der Waals surface area contributed by atoms with Crippen molar-refractivity contribution in [1.29, 1.82) is 0 Å². The van der Waals surface area contributed by atoms with Crippen molar-refractivity contribution < 1.29 is 23.5 Å². The van der Waals surface area contributed by atoms with Crippen molar-refractivity contribution in [1.82, 2.24) is 4.90 Å². The standard InChI is InChI=1S/C25H18ClFINO4S/c1-32-21-11-16(10-20(28)23(21)33-14-17-6-2-3-8-19(17)27)12-22-24(30)29(25(31)34-22)13-15-5-4-7-18(26)9-15/h2-12H,13-14H2,1H3/b22-12-. The van der Waals surface area contributed by atoms with E-state index in [0.717, 1.165) is 20.9 Å². The molecule has 1 fully saturated rings. The molecule has 0 spiro atoms. The van der Waals surface area contributed by atoms with Gasteiger partial charge in [0.25, 0.3) is 11.1 Å². The largest absolute Gasteiger partial charge is 0.493 e. The SMILES string of the molecule is COc1cc(/C=C2\SC(=O)N(Cc3cccc(Cl)c3)C2=O)cc(I)c1OCc1ccccc1F. The number of ether oxygens (including phenoxy) is 2. The monoisotopic (exact) mass is 609 g/mol. The fourth-order valence-electron chi connectivity index (χ4n) is 3.33. The molecule has 2 amide bonds. The number of hydrogen-bond acceptors (Lipinski definition) is 5. The Morgan fingerprint density at radius 1 is 1.12 bits per heavy atom. The molecule has 1 saturated heterocycles. The predicted molar refractivity (Wildman–Crippen MR) is 139 cm³/mol. The van der Waals surface area contributed by atoms with Crippen molar-refractivity contribution in [2.45, 2.75) is 13.2 Å². The van der Waals surface area contributed by atoms with Crippen LogP contribution in [0.1, 0.15) is 16.7 Å². The molecule has 0 radical (unpaired) electrons. The Hall–Kier alpha value is -2.56. The quantitative estimate of drug-likeness (QED) is 0.215. The summed E-state index contributed by atoms with van der Waals surface area (Å²) in [6.45, 7) is 0.188. The highest BCUT2D eigenvalue weighted by atomic mass is 127. The number of carbonyl (C=O) groups is 2. The Balaban J connectivity index is 1.54. The van der Waals surface area contributed by atoms with E-state index in [9.17, 15) is 14.0 Å². The number of benzene rings is 3. The third-order valence-corrected chi connectivity index (χ3v) is 6.93. The summed E-state index contributed by atoms with van der Waals surface area (Å²) < 4.78 is 26.0. The van der Waals surface area contributed by atoms with Crippen LogP contribution in [0.4, 0.5) is 9.18 Å². The Bertz CT molecular complexity index is 1300. The average molecular weight is 610 g/mol. The topological polar surface area (TPSA) is 55.8 Å². The van der Waals surface area contributed by atoms with Crippen LogP contribution in [-0.4, -0.2) is 23.2 Å². The molecule has 0 aromatic heterocycles. The van der Waals surface area contributed by atoms with Gasteiger partial charge in [0.05, 0.1) is 22.1 Å². The number of amides is 2. The van der Waals surface area contributed by atoms with Gasteiger partial charge < -0.3 is 9.47 Å². The lowest BCUT2D eigenvalue weighted by molar-refractivity contribution is -0.123. The first-order chi connectivity index (χ1) is 16.4. The molecule has 0 saturated carbocycles. The van der Waals surface area contributed by atoms with Crippen molar-refractivity contribution in [2.24, 2.45) is 0 Å². The van der Waals surface area contributed by atoms with Gasteiger partial charge >= 0.3 is 0 Å². The molecule has 3 aromatic rings. The van der Waals surface area contributed by atoms with Gasteiger partial charge in [-0.1, -0.05) is 41.9 Å². The van der Waals surface area contributed by atoms with E-state index < -0.39 is 0 Å². The van der Waals surface area contributed by atoms with Crippen LogP contribution in [0.15, 0.2) is 65.6 Å². The fourth-order valence-corrected chi connectivity index (χ4v) is 5.17. The smallest absolute Gasteiger partial charge is 0.293 e. The number of halogens is 3. The van der Waals surface area contributed by atoms with Crippen LogP contribution in [0.5, 0.6) is 11.5 Å². The normalized spacial score (nSPS) is 14.7. The van der Waals surface area contributed by atoms with E-state index >= 15 is 0 Å². The van der Waals surface area contributed by atoms with Gasteiger partial charge in [-0.2, -0.15) is 0 Å². The van der Waals surface area contributed by atoms with E-state index in [1.54, 1.807) is 48.5 Å². The van der Waals surface area contributed by atoms with Crippen LogP contribution < -0.4 is 9.47 Å². The fraction of sp³-hybridized carbons (Fsp3) is 0.120. The van der Waals surface area contributed by atoms with Gasteiger partial charge in [0.1, 0.15) is 12.4 Å². The molecule has 0 bridgehead atoms. The highest BCUT2D eigenvalue weighted by Gasteiger charge is 2.35. The van der Waals surface area contributed by atoms with Crippen molar-refractivity contribution in [3.05, 3.63) is 96.7 Å². The van der Waals surface area contributed by atoms with E-state index in [4.69, 9.17) is 21.1 Å². The molecule has 4 rings (SSSR count). The maximum Gasteiger partial charge on any atom is 0.293 e. The molecule has 34 heavy (non-hydrogen) atoms. The maximum atomic E-state index is 13.9. The second-order valence-electron chi connectivity index (χ2n) is 7.31. The lowest BCUT2D eigenvalue weighted by Crippen LogP contribution is -2.27. The van der Waals surface area contributed by atoms with Crippen molar-refractivity contribution >= 4 is 63.2 Å². The van der Waals surface area contributed by atoms with Crippen molar-refractivity contribution in [2.75, 3.05) is 7.11 Å². The molecule has 1 heterocycles. The molecular weight excluding hydrogens is 592 g/mol. The van der Waals surface area contributed by atoms with Crippen LogP contribution in [0, 0.1) is 9.39 Å². The van der Waals surface area contributed by atoms with Gasteiger partial charge in [-0.25, -0.2) is 4.39 Å². The van der Waals surface area contributed by atoms with E-state index in [2.05, 4.69) is 22.6 Å². The van der Waals surface area contributed by atoms with Gasteiger partial charge in [-0.15, -0.1) is 0 Å². The molecule has 0 N–H and O–H groups in total. The third kappa shape index (κ3) is 5.56. The number of imide groups is 1. The predicted octanol–water partition coefficient (Wildman–Crippen LogP) is 6.91. The van der Waals surface area contributed by atoms with Gasteiger partial charge in [0, 0.05) is 10.6 Å². The summed E-state index contributed by atoms with van der Waals surface area (Å²) >= 11 is 8.99. The van der Waals surface area contributed by atoms with Gasteiger partial charge in [-0.3, -0.25) is 14.5 Å². The van der Waals surface area contributed by atoms with Gasteiger partial charge in [-0.05, 0) is 81.9 Å². The van der Waals surface area contributed by atoms with Crippen molar-refractivity contribution in [3.63, 3.8) is 0 Å². The van der Waals surface area contributed by atoms with Crippen molar-refractivity contribution in [3.8, 4) is 11.5 Å². The van der Waals surface area contributed by atoms with Gasteiger partial charge in [0.15, 0.2) is 11.5 Å². The molecule has 0 atom stereocenters. The van der Waals surface area contributed by atoms with E-state index in [1.807, 2.05) is 12.1 Å². The minimum absolute atomic E-state index is 0.0424. The first kappa shape index (κ1) is 24.6. The first-order valence-corrected chi connectivity index (χ1v) is 12.4. The zero-order chi connectivity index (χ0) is 24.2. The van der Waals surface area contributed by atoms with E-state index in [-0.39, 0.29) is 30.1 Å². The summed E-state index contributed by atoms with van der Waals surface area (Å²) in [5, 5.41) is 0.196. The number of nitrogens with zero attached hydrogens (tertiary/aromatic N) is 1. The summed E-state index contributed by atoms with van der Waals surface area (Å²) in [5.74, 6) is 0.190. The Kier molecular flexibility index (Phi) is 7.80. The summed E-state index contributed by atoms with van der Waals surface area (Å²) in [5.41, 5.74) is 1.87. The van der Waals surface area contributed by atoms with Crippen LogP contribution in [0.25, 0.3) is 6.08 Å². The second-order valence-corrected chi connectivity index (χ2v) is 9.90. The summed E-state index contributed by atoms with van der Waals surface area (Å²) in [7, 11) is 1.50.